The predicted octanol–water partition coefficient (Wildman–Crippen LogP) is 6.94. The second-order valence-electron chi connectivity index (χ2n) is 9.41. The first-order chi connectivity index (χ1) is 16.6. The highest BCUT2D eigenvalue weighted by molar-refractivity contribution is 6.09. The molecule has 0 saturated carbocycles. The molecule has 0 aliphatic heterocycles. The van der Waals surface area contributed by atoms with Crippen LogP contribution in [0, 0.1) is 0 Å². The maximum absolute atomic E-state index is 5.05. The van der Waals surface area contributed by atoms with Gasteiger partial charge < -0.3 is 0 Å². The minimum absolute atomic E-state index is 0.0538. The quantitative estimate of drug-likeness (QED) is 0.294. The Morgan fingerprint density at radius 2 is 1.62 bits per heavy atom. The fourth-order valence-electron chi connectivity index (χ4n) is 5.50. The minimum Gasteiger partial charge on any atom is -0.292 e. The van der Waals surface area contributed by atoms with Crippen LogP contribution in [0.5, 0.6) is 0 Å². The van der Waals surface area contributed by atoms with Crippen LogP contribution in [0.4, 0.5) is 0 Å². The number of nitrogens with zero attached hydrogens (tertiary/aromatic N) is 4. The number of hydrogen-bond acceptors (Lipinski definition) is 3. The van der Waals surface area contributed by atoms with Crippen LogP contribution in [-0.4, -0.2) is 19.5 Å². The molecule has 0 atom stereocenters. The summed E-state index contributed by atoms with van der Waals surface area (Å²) in [6.45, 7) is 4.63. The summed E-state index contributed by atoms with van der Waals surface area (Å²) in [7, 11) is 0. The van der Waals surface area contributed by atoms with Crippen LogP contribution in [0.3, 0.4) is 0 Å². The van der Waals surface area contributed by atoms with Crippen molar-refractivity contribution in [1.82, 2.24) is 19.5 Å². The third kappa shape index (κ3) is 2.57. The van der Waals surface area contributed by atoms with Crippen LogP contribution in [0.15, 0.2) is 97.5 Å². The first-order valence-corrected chi connectivity index (χ1v) is 11.5. The summed E-state index contributed by atoms with van der Waals surface area (Å²) in [6.07, 6.45) is 5.51. The topological polar surface area (TPSA) is 43.6 Å². The fraction of sp³-hybridized carbons (Fsp3) is 0.100. The average molecular weight is 439 g/mol. The Morgan fingerprint density at radius 3 is 2.50 bits per heavy atom. The highest BCUT2D eigenvalue weighted by atomic mass is 15.1. The number of hydrogen-bond donors (Lipinski definition) is 0. The summed E-state index contributed by atoms with van der Waals surface area (Å²) in [5.41, 5.74) is 10.4. The molecule has 0 bridgehead atoms. The van der Waals surface area contributed by atoms with Crippen molar-refractivity contribution >= 4 is 21.9 Å². The molecule has 162 valence electrons. The lowest BCUT2D eigenvalue weighted by molar-refractivity contribution is 0.661. The molecule has 0 amide bonds. The molecular weight excluding hydrogens is 416 g/mol. The van der Waals surface area contributed by atoms with Crippen LogP contribution in [0.2, 0.25) is 0 Å². The molecule has 0 spiro atoms. The lowest BCUT2D eigenvalue weighted by Crippen LogP contribution is -2.14. The lowest BCUT2D eigenvalue weighted by atomic mass is 9.82. The zero-order valence-electron chi connectivity index (χ0n) is 19.0. The van der Waals surface area contributed by atoms with Gasteiger partial charge in [-0.1, -0.05) is 44.2 Å². The van der Waals surface area contributed by atoms with Gasteiger partial charge in [-0.25, -0.2) is 4.98 Å². The highest BCUT2D eigenvalue weighted by Crippen LogP contribution is 2.50. The maximum Gasteiger partial charge on any atom is 0.138 e. The van der Waals surface area contributed by atoms with Gasteiger partial charge in [-0.05, 0) is 70.8 Å². The second-order valence-corrected chi connectivity index (χ2v) is 9.41. The van der Waals surface area contributed by atoms with Crippen LogP contribution in [0.1, 0.15) is 25.0 Å². The van der Waals surface area contributed by atoms with E-state index in [0.29, 0.717) is 0 Å². The molecule has 0 saturated heterocycles. The predicted molar refractivity (Wildman–Crippen MR) is 137 cm³/mol. The molecule has 4 nitrogen and oxygen atoms in total. The molecule has 6 aromatic rings. The van der Waals surface area contributed by atoms with Gasteiger partial charge in [0.1, 0.15) is 5.82 Å². The number of aromatic nitrogens is 4. The number of benzene rings is 2. The Hall–Kier alpha value is -4.31. The van der Waals surface area contributed by atoms with Gasteiger partial charge in [0, 0.05) is 35.0 Å². The Balaban J connectivity index is 1.56. The van der Waals surface area contributed by atoms with Gasteiger partial charge in [0.25, 0.3) is 0 Å². The molecule has 0 N–H and O–H groups in total. The van der Waals surface area contributed by atoms with E-state index in [1.54, 1.807) is 6.20 Å². The zero-order chi connectivity index (χ0) is 22.9. The first kappa shape index (κ1) is 19.2. The molecule has 34 heavy (non-hydrogen) atoms. The summed E-state index contributed by atoms with van der Waals surface area (Å²) in [5, 5.41) is 1.16. The van der Waals surface area contributed by atoms with Crippen LogP contribution >= 0.6 is 0 Å². The van der Waals surface area contributed by atoms with Gasteiger partial charge >= 0.3 is 0 Å². The number of fused-ring (bicyclic) bond motifs is 6. The number of pyridine rings is 3. The van der Waals surface area contributed by atoms with E-state index in [4.69, 9.17) is 9.97 Å². The van der Waals surface area contributed by atoms with Gasteiger partial charge in [0.15, 0.2) is 0 Å². The smallest absolute Gasteiger partial charge is 0.138 e. The van der Waals surface area contributed by atoms with Gasteiger partial charge in [-0.15, -0.1) is 0 Å². The standard InChI is InChI=1S/C30H22N4/c1-30(2)23-10-4-3-9-20(23)21-17-27-22(16-24(21)30)29-26(12-7-15-32-29)34(27)28-13-5-11-25(33-28)19-8-6-14-31-18-19/h3-18H,1-2H3. The first-order valence-electron chi connectivity index (χ1n) is 11.5. The zero-order valence-corrected chi connectivity index (χ0v) is 19.0. The highest BCUT2D eigenvalue weighted by Gasteiger charge is 2.36. The Kier molecular flexibility index (Phi) is 3.86. The summed E-state index contributed by atoms with van der Waals surface area (Å²) in [5.74, 6) is 0.875. The van der Waals surface area contributed by atoms with E-state index in [1.165, 1.54) is 22.3 Å². The molecule has 4 heterocycles. The van der Waals surface area contributed by atoms with E-state index >= 15 is 0 Å². The molecule has 0 unspecified atom stereocenters. The summed E-state index contributed by atoms with van der Waals surface area (Å²) in [4.78, 5) is 14.1. The molecule has 0 fully saturated rings. The van der Waals surface area contributed by atoms with Gasteiger partial charge in [0.05, 0.1) is 22.2 Å². The van der Waals surface area contributed by atoms with Gasteiger partial charge in [0.2, 0.25) is 0 Å². The van der Waals surface area contributed by atoms with Gasteiger partial charge in [-0.3, -0.25) is 14.5 Å². The van der Waals surface area contributed by atoms with Crippen molar-refractivity contribution in [2.45, 2.75) is 19.3 Å². The van der Waals surface area contributed by atoms with E-state index in [1.807, 2.05) is 36.7 Å². The number of rotatable bonds is 2. The van der Waals surface area contributed by atoms with E-state index in [9.17, 15) is 0 Å². The summed E-state index contributed by atoms with van der Waals surface area (Å²) >= 11 is 0. The fourth-order valence-corrected chi connectivity index (χ4v) is 5.50. The van der Waals surface area contributed by atoms with E-state index in [-0.39, 0.29) is 5.41 Å². The molecule has 1 aliphatic carbocycles. The van der Waals surface area contributed by atoms with Crippen molar-refractivity contribution in [3.05, 3.63) is 109 Å². The van der Waals surface area contributed by atoms with Crippen molar-refractivity contribution in [3.63, 3.8) is 0 Å². The third-order valence-corrected chi connectivity index (χ3v) is 7.14. The normalized spacial score (nSPS) is 13.8. The Bertz CT molecular complexity index is 1730. The van der Waals surface area contributed by atoms with Crippen LogP contribution < -0.4 is 0 Å². The van der Waals surface area contributed by atoms with Crippen molar-refractivity contribution in [1.29, 1.82) is 0 Å². The average Bonchev–Trinajstić information content (AvgIpc) is 3.33. The minimum atomic E-state index is -0.0538. The molecule has 0 radical (unpaired) electrons. The molecule has 2 aromatic carbocycles. The summed E-state index contributed by atoms with van der Waals surface area (Å²) in [6, 6.07) is 27.7. The van der Waals surface area contributed by atoms with E-state index in [2.05, 4.69) is 78.0 Å². The SMILES string of the molecule is CC1(C)c2ccccc2-c2cc3c(cc21)c1ncccc1n3-c1cccc(-c2cccnc2)n1. The van der Waals surface area contributed by atoms with Crippen molar-refractivity contribution in [2.75, 3.05) is 0 Å². The third-order valence-electron chi connectivity index (χ3n) is 7.14. The molecule has 4 aromatic heterocycles. The van der Waals surface area contributed by atoms with E-state index < -0.39 is 0 Å². The van der Waals surface area contributed by atoms with Crippen molar-refractivity contribution in [2.24, 2.45) is 0 Å². The van der Waals surface area contributed by atoms with Crippen molar-refractivity contribution in [3.8, 4) is 28.2 Å². The second kappa shape index (κ2) is 6.84. The lowest BCUT2D eigenvalue weighted by Gasteiger charge is -2.21. The van der Waals surface area contributed by atoms with Crippen LogP contribution in [0.25, 0.3) is 50.1 Å². The van der Waals surface area contributed by atoms with Crippen LogP contribution in [-0.2, 0) is 5.41 Å². The van der Waals surface area contributed by atoms with Gasteiger partial charge in [-0.2, -0.15) is 0 Å². The summed E-state index contributed by atoms with van der Waals surface area (Å²) < 4.78 is 2.24. The maximum atomic E-state index is 5.05. The molecule has 7 rings (SSSR count). The Labute approximate surface area is 197 Å². The largest absolute Gasteiger partial charge is 0.292 e. The monoisotopic (exact) mass is 438 g/mol. The van der Waals surface area contributed by atoms with E-state index in [0.717, 1.165) is 39.0 Å². The molecular formula is C30H22N4. The molecule has 4 heteroatoms. The molecule has 1 aliphatic rings. The van der Waals surface area contributed by atoms with Crippen molar-refractivity contribution < 1.29 is 0 Å². The Morgan fingerprint density at radius 1 is 0.735 bits per heavy atom.